The topological polar surface area (TPSA) is 46.9 Å². The molecule has 0 radical (unpaired) electrons. The molecule has 4 nitrogen and oxygen atoms in total. The molecule has 3 rings (SSSR count). The van der Waals surface area contributed by atoms with E-state index in [-0.39, 0.29) is 11.9 Å². The quantitative estimate of drug-likeness (QED) is 0.581. The Morgan fingerprint density at radius 3 is 2.39 bits per heavy atom. The highest BCUT2D eigenvalue weighted by atomic mass is 16.1. The third kappa shape index (κ3) is 4.77. The average molecular weight is 374 g/mol. The first-order chi connectivity index (χ1) is 13.6. The third-order valence-corrected chi connectivity index (χ3v) is 4.83. The van der Waals surface area contributed by atoms with Gasteiger partial charge in [0.25, 0.3) is 0 Å². The Bertz CT molecular complexity index is 936. The fourth-order valence-electron chi connectivity index (χ4n) is 3.07. The highest BCUT2D eigenvalue weighted by molar-refractivity contribution is 5.93. The van der Waals surface area contributed by atoms with Gasteiger partial charge in [0.1, 0.15) is 0 Å². The first-order valence-corrected chi connectivity index (χ1v) is 9.81. The molecular formula is C24H27N3O. The van der Waals surface area contributed by atoms with Gasteiger partial charge in [-0.2, -0.15) is 5.10 Å². The summed E-state index contributed by atoms with van der Waals surface area (Å²) in [6.07, 6.45) is 7.26. The molecular weight excluding hydrogens is 346 g/mol. The standard InChI is InChI=1S/C24H27N3O/c1-4-21(5-2)25-23(28)16-15-20-17-27(22-9-7-6-8-10-22)26-24(20)19-13-11-18(3)12-14-19/h6-17,21H,4-5H2,1-3H3,(H,25,28)/b16-15+. The zero-order chi connectivity index (χ0) is 19.9. The van der Waals surface area contributed by atoms with Crippen LogP contribution in [-0.2, 0) is 4.79 Å². The second-order valence-electron chi connectivity index (χ2n) is 6.93. The number of benzene rings is 2. The Labute approximate surface area is 166 Å². The number of carbonyl (C=O) groups is 1. The van der Waals surface area contributed by atoms with Crippen molar-refractivity contribution in [1.29, 1.82) is 0 Å². The summed E-state index contributed by atoms with van der Waals surface area (Å²) >= 11 is 0. The van der Waals surface area contributed by atoms with E-state index in [1.807, 2.05) is 47.3 Å². The molecule has 144 valence electrons. The maximum absolute atomic E-state index is 12.3. The van der Waals surface area contributed by atoms with Gasteiger partial charge in [-0.1, -0.05) is 61.9 Å². The summed E-state index contributed by atoms with van der Waals surface area (Å²) in [5.41, 5.74) is 4.98. The number of aromatic nitrogens is 2. The van der Waals surface area contributed by atoms with E-state index in [0.717, 1.165) is 35.3 Å². The zero-order valence-electron chi connectivity index (χ0n) is 16.7. The van der Waals surface area contributed by atoms with Crippen LogP contribution in [0.4, 0.5) is 0 Å². The largest absolute Gasteiger partial charge is 0.350 e. The molecule has 3 aromatic rings. The van der Waals surface area contributed by atoms with Crippen LogP contribution in [0.3, 0.4) is 0 Å². The number of amides is 1. The van der Waals surface area contributed by atoms with Crippen LogP contribution in [0, 0.1) is 6.92 Å². The molecule has 1 aromatic heterocycles. The summed E-state index contributed by atoms with van der Waals surface area (Å²) in [4.78, 5) is 12.3. The summed E-state index contributed by atoms with van der Waals surface area (Å²) in [5.74, 6) is -0.0731. The van der Waals surface area contributed by atoms with Crippen LogP contribution in [-0.4, -0.2) is 21.7 Å². The molecule has 1 heterocycles. The fourth-order valence-corrected chi connectivity index (χ4v) is 3.07. The molecule has 4 heteroatoms. The number of hydrogen-bond acceptors (Lipinski definition) is 2. The maximum Gasteiger partial charge on any atom is 0.244 e. The molecule has 0 bridgehead atoms. The van der Waals surface area contributed by atoms with E-state index in [1.165, 1.54) is 5.56 Å². The maximum atomic E-state index is 12.3. The Morgan fingerprint density at radius 2 is 1.75 bits per heavy atom. The van der Waals surface area contributed by atoms with Crippen LogP contribution in [0.15, 0.2) is 66.9 Å². The molecule has 0 spiro atoms. The van der Waals surface area contributed by atoms with Gasteiger partial charge in [0.05, 0.1) is 11.4 Å². The van der Waals surface area contributed by atoms with Crippen LogP contribution >= 0.6 is 0 Å². The molecule has 0 aliphatic rings. The minimum Gasteiger partial charge on any atom is -0.350 e. The van der Waals surface area contributed by atoms with Crippen LogP contribution in [0.2, 0.25) is 0 Å². The van der Waals surface area contributed by atoms with Crippen molar-refractivity contribution < 1.29 is 4.79 Å². The van der Waals surface area contributed by atoms with Crippen molar-refractivity contribution in [2.45, 2.75) is 39.7 Å². The van der Waals surface area contributed by atoms with Gasteiger partial charge in [-0.25, -0.2) is 4.68 Å². The van der Waals surface area contributed by atoms with Crippen molar-refractivity contribution in [2.24, 2.45) is 0 Å². The molecule has 2 aromatic carbocycles. The lowest BCUT2D eigenvalue weighted by atomic mass is 10.1. The third-order valence-electron chi connectivity index (χ3n) is 4.83. The van der Waals surface area contributed by atoms with Crippen LogP contribution in [0.25, 0.3) is 23.0 Å². The van der Waals surface area contributed by atoms with Crippen molar-refractivity contribution >= 4 is 12.0 Å². The number of nitrogens with one attached hydrogen (secondary N) is 1. The summed E-state index contributed by atoms with van der Waals surface area (Å²) in [6, 6.07) is 18.5. The fraction of sp³-hybridized carbons (Fsp3) is 0.250. The molecule has 0 fully saturated rings. The lowest BCUT2D eigenvalue weighted by molar-refractivity contribution is -0.117. The van der Waals surface area contributed by atoms with E-state index < -0.39 is 0 Å². The monoisotopic (exact) mass is 373 g/mol. The van der Waals surface area contributed by atoms with Gasteiger partial charge in [-0.3, -0.25) is 4.79 Å². The molecule has 1 amide bonds. The summed E-state index contributed by atoms with van der Waals surface area (Å²) in [5, 5.41) is 7.82. The van der Waals surface area contributed by atoms with E-state index >= 15 is 0 Å². The van der Waals surface area contributed by atoms with Crippen LogP contribution in [0.1, 0.15) is 37.8 Å². The van der Waals surface area contributed by atoms with Gasteiger partial charge >= 0.3 is 0 Å². The van der Waals surface area contributed by atoms with Crippen molar-refractivity contribution in [3.8, 4) is 16.9 Å². The van der Waals surface area contributed by atoms with Crippen molar-refractivity contribution in [1.82, 2.24) is 15.1 Å². The van der Waals surface area contributed by atoms with E-state index in [0.29, 0.717) is 0 Å². The van der Waals surface area contributed by atoms with Gasteiger partial charge in [0.2, 0.25) is 5.91 Å². The molecule has 0 atom stereocenters. The highest BCUT2D eigenvalue weighted by Crippen LogP contribution is 2.25. The molecule has 0 aliphatic heterocycles. The first kappa shape index (κ1) is 19.6. The SMILES string of the molecule is CCC(CC)NC(=O)/C=C/c1cn(-c2ccccc2)nc1-c1ccc(C)cc1. The molecule has 0 saturated carbocycles. The second-order valence-corrected chi connectivity index (χ2v) is 6.93. The van der Waals surface area contributed by atoms with E-state index in [9.17, 15) is 4.79 Å². The van der Waals surface area contributed by atoms with Crippen molar-refractivity contribution in [2.75, 3.05) is 0 Å². The Hall–Kier alpha value is -3.14. The predicted molar refractivity (Wildman–Crippen MR) is 115 cm³/mol. The van der Waals surface area contributed by atoms with Gasteiger partial charge in [0.15, 0.2) is 0 Å². The number of carbonyl (C=O) groups excluding carboxylic acids is 1. The normalized spacial score (nSPS) is 11.3. The van der Waals surface area contributed by atoms with Crippen molar-refractivity contribution in [3.05, 3.63) is 78.0 Å². The van der Waals surface area contributed by atoms with Gasteiger partial charge < -0.3 is 5.32 Å². The summed E-state index contributed by atoms with van der Waals surface area (Å²) in [6.45, 7) is 6.23. The molecule has 0 aliphatic carbocycles. The highest BCUT2D eigenvalue weighted by Gasteiger charge is 2.11. The molecule has 0 saturated heterocycles. The van der Waals surface area contributed by atoms with Gasteiger partial charge in [0, 0.05) is 29.4 Å². The minimum atomic E-state index is -0.0731. The van der Waals surface area contributed by atoms with Crippen molar-refractivity contribution in [3.63, 3.8) is 0 Å². The second kappa shape index (κ2) is 9.18. The van der Waals surface area contributed by atoms with E-state index in [2.05, 4.69) is 50.4 Å². The molecule has 28 heavy (non-hydrogen) atoms. The zero-order valence-corrected chi connectivity index (χ0v) is 16.7. The number of aryl methyl sites for hydroxylation is 1. The summed E-state index contributed by atoms with van der Waals surface area (Å²) in [7, 11) is 0. The Morgan fingerprint density at radius 1 is 1.07 bits per heavy atom. The predicted octanol–water partition coefficient (Wildman–Crippen LogP) is 5.17. The Balaban J connectivity index is 1.94. The van der Waals surface area contributed by atoms with Gasteiger partial charge in [-0.15, -0.1) is 0 Å². The van der Waals surface area contributed by atoms with E-state index in [4.69, 9.17) is 5.10 Å². The van der Waals surface area contributed by atoms with Crippen LogP contribution in [0.5, 0.6) is 0 Å². The van der Waals surface area contributed by atoms with Gasteiger partial charge in [-0.05, 0) is 38.0 Å². The minimum absolute atomic E-state index is 0.0731. The summed E-state index contributed by atoms with van der Waals surface area (Å²) < 4.78 is 1.85. The van der Waals surface area contributed by atoms with E-state index in [1.54, 1.807) is 6.08 Å². The average Bonchev–Trinajstić information content (AvgIpc) is 3.16. The molecule has 0 unspecified atom stereocenters. The number of hydrogen-bond donors (Lipinski definition) is 1. The lowest BCUT2D eigenvalue weighted by Crippen LogP contribution is -2.32. The smallest absolute Gasteiger partial charge is 0.244 e. The number of nitrogens with zero attached hydrogens (tertiary/aromatic N) is 2. The first-order valence-electron chi connectivity index (χ1n) is 9.81. The number of rotatable bonds is 7. The Kier molecular flexibility index (Phi) is 6.43. The van der Waals surface area contributed by atoms with Crippen LogP contribution < -0.4 is 5.32 Å². The molecule has 1 N–H and O–H groups in total. The lowest BCUT2D eigenvalue weighted by Gasteiger charge is -2.12. The number of para-hydroxylation sites is 1.